The highest BCUT2D eigenvalue weighted by molar-refractivity contribution is 5.46. The van der Waals surface area contributed by atoms with E-state index in [0.717, 1.165) is 18.3 Å². The van der Waals surface area contributed by atoms with Gasteiger partial charge in [0.2, 0.25) is 0 Å². The van der Waals surface area contributed by atoms with Crippen molar-refractivity contribution in [2.75, 3.05) is 5.32 Å². The molecule has 0 atom stereocenters. The normalized spacial score (nSPS) is 11.9. The summed E-state index contributed by atoms with van der Waals surface area (Å²) in [7, 11) is 0. The number of hydrogen-bond acceptors (Lipinski definition) is 2. The molecule has 0 aliphatic carbocycles. The molecule has 0 unspecified atom stereocenters. The van der Waals surface area contributed by atoms with Crippen molar-refractivity contribution in [1.29, 1.82) is 0 Å². The van der Waals surface area contributed by atoms with Gasteiger partial charge in [0.05, 0.1) is 12.1 Å². The van der Waals surface area contributed by atoms with Crippen LogP contribution >= 0.6 is 0 Å². The van der Waals surface area contributed by atoms with Crippen LogP contribution in [0, 0.1) is 0 Å². The Morgan fingerprint density at radius 2 is 2.00 bits per heavy atom. The van der Waals surface area contributed by atoms with Crippen LogP contribution in [0.15, 0.2) is 36.7 Å². The molecule has 0 amide bonds. The average Bonchev–Trinajstić information content (AvgIpc) is 2.84. The molecule has 0 spiro atoms. The second kappa shape index (κ2) is 5.48. The molecule has 3 nitrogen and oxygen atoms in total. The third-order valence-electron chi connectivity index (χ3n) is 2.60. The molecule has 0 bridgehead atoms. The molecule has 1 aromatic heterocycles. The van der Waals surface area contributed by atoms with Crippen LogP contribution in [0.2, 0.25) is 0 Å². The SMILES string of the molecule is FC(F)n1ccnc1CNc1cccc(C(F)(F)F)c1. The molecule has 2 rings (SSSR count). The summed E-state index contributed by atoms with van der Waals surface area (Å²) in [5.41, 5.74) is -0.622. The zero-order valence-electron chi connectivity index (χ0n) is 10.0. The van der Waals surface area contributed by atoms with E-state index in [9.17, 15) is 22.0 Å². The molecule has 0 saturated heterocycles. The first kappa shape index (κ1) is 14.3. The fourth-order valence-electron chi connectivity index (χ4n) is 1.65. The van der Waals surface area contributed by atoms with E-state index in [1.54, 1.807) is 0 Å². The predicted molar refractivity (Wildman–Crippen MR) is 62.3 cm³/mol. The van der Waals surface area contributed by atoms with E-state index < -0.39 is 18.3 Å². The smallest absolute Gasteiger partial charge is 0.378 e. The number of alkyl halides is 5. The highest BCUT2D eigenvalue weighted by Gasteiger charge is 2.30. The third kappa shape index (κ3) is 3.25. The Labute approximate surface area is 111 Å². The van der Waals surface area contributed by atoms with E-state index >= 15 is 0 Å². The highest BCUT2D eigenvalue weighted by atomic mass is 19.4. The van der Waals surface area contributed by atoms with Crippen molar-refractivity contribution in [3.05, 3.63) is 48.0 Å². The van der Waals surface area contributed by atoms with Gasteiger partial charge >= 0.3 is 12.7 Å². The van der Waals surface area contributed by atoms with Gasteiger partial charge in [-0.3, -0.25) is 4.57 Å². The number of benzene rings is 1. The summed E-state index contributed by atoms with van der Waals surface area (Å²) in [4.78, 5) is 3.72. The number of imidazole rings is 1. The van der Waals surface area contributed by atoms with Gasteiger partial charge in [0, 0.05) is 18.1 Å². The van der Waals surface area contributed by atoms with Gasteiger partial charge in [0.1, 0.15) is 5.82 Å². The molecule has 1 aromatic carbocycles. The van der Waals surface area contributed by atoms with Crippen LogP contribution in [0.25, 0.3) is 0 Å². The minimum absolute atomic E-state index is 0.0393. The molecule has 0 aliphatic heterocycles. The second-order valence-corrected chi connectivity index (χ2v) is 3.96. The van der Waals surface area contributed by atoms with Crippen LogP contribution in [-0.2, 0) is 12.7 Å². The number of halogens is 5. The van der Waals surface area contributed by atoms with Crippen molar-refractivity contribution in [3.8, 4) is 0 Å². The summed E-state index contributed by atoms with van der Waals surface area (Å²) in [6.07, 6.45) is -2.14. The maximum Gasteiger partial charge on any atom is 0.416 e. The van der Waals surface area contributed by atoms with Gasteiger partial charge in [-0.2, -0.15) is 22.0 Å². The largest absolute Gasteiger partial charge is 0.416 e. The fraction of sp³-hybridized carbons (Fsp3) is 0.250. The maximum atomic E-state index is 12.6. The van der Waals surface area contributed by atoms with E-state index in [2.05, 4.69) is 10.3 Å². The van der Waals surface area contributed by atoms with Crippen molar-refractivity contribution >= 4 is 5.69 Å². The lowest BCUT2D eigenvalue weighted by atomic mass is 10.2. The van der Waals surface area contributed by atoms with Gasteiger partial charge < -0.3 is 5.32 Å². The van der Waals surface area contributed by atoms with E-state index in [0.29, 0.717) is 4.57 Å². The Morgan fingerprint density at radius 3 is 2.65 bits per heavy atom. The maximum absolute atomic E-state index is 12.6. The summed E-state index contributed by atoms with van der Waals surface area (Å²) in [6.45, 7) is -2.84. The van der Waals surface area contributed by atoms with Crippen LogP contribution in [0.3, 0.4) is 0 Å². The lowest BCUT2D eigenvalue weighted by molar-refractivity contribution is -0.137. The van der Waals surface area contributed by atoms with Crippen molar-refractivity contribution in [2.45, 2.75) is 19.3 Å². The van der Waals surface area contributed by atoms with Gasteiger partial charge in [-0.1, -0.05) is 6.07 Å². The molecule has 2 aromatic rings. The van der Waals surface area contributed by atoms with Crippen molar-refractivity contribution in [1.82, 2.24) is 9.55 Å². The summed E-state index contributed by atoms with van der Waals surface area (Å²) < 4.78 is 63.3. The zero-order chi connectivity index (χ0) is 14.8. The predicted octanol–water partition coefficient (Wildman–Crippen LogP) is 3.91. The van der Waals surface area contributed by atoms with E-state index in [1.807, 2.05) is 0 Å². The Kier molecular flexibility index (Phi) is 3.91. The molecular weight excluding hydrogens is 281 g/mol. The quantitative estimate of drug-likeness (QED) is 0.866. The monoisotopic (exact) mass is 291 g/mol. The minimum atomic E-state index is -4.45. The number of nitrogens with zero attached hydrogens (tertiary/aromatic N) is 2. The van der Waals surface area contributed by atoms with Crippen LogP contribution in [0.5, 0.6) is 0 Å². The van der Waals surface area contributed by atoms with Crippen LogP contribution in [0.1, 0.15) is 17.9 Å². The molecule has 0 fully saturated rings. The standard InChI is InChI=1S/C12H10F5N3/c13-11(14)20-5-4-18-10(20)7-19-9-3-1-2-8(6-9)12(15,16)17/h1-6,11,19H,7H2. The van der Waals surface area contributed by atoms with Gasteiger partial charge in [0.15, 0.2) is 0 Å². The molecule has 1 N–H and O–H groups in total. The topological polar surface area (TPSA) is 29.9 Å². The summed E-state index contributed by atoms with van der Waals surface area (Å²) in [6, 6.07) is 4.51. The van der Waals surface area contributed by atoms with Gasteiger partial charge in [-0.15, -0.1) is 0 Å². The Balaban J connectivity index is 2.09. The van der Waals surface area contributed by atoms with Gasteiger partial charge in [0.25, 0.3) is 0 Å². The molecule has 20 heavy (non-hydrogen) atoms. The van der Waals surface area contributed by atoms with E-state index in [-0.39, 0.29) is 18.1 Å². The summed E-state index contributed by atoms with van der Waals surface area (Å²) in [5.74, 6) is 0.0393. The van der Waals surface area contributed by atoms with Crippen LogP contribution in [-0.4, -0.2) is 9.55 Å². The number of anilines is 1. The fourth-order valence-corrected chi connectivity index (χ4v) is 1.65. The molecule has 0 saturated carbocycles. The molecule has 0 radical (unpaired) electrons. The lowest BCUT2D eigenvalue weighted by Crippen LogP contribution is -2.10. The first-order valence-corrected chi connectivity index (χ1v) is 5.59. The van der Waals surface area contributed by atoms with Gasteiger partial charge in [-0.05, 0) is 18.2 Å². The molecule has 108 valence electrons. The first-order valence-electron chi connectivity index (χ1n) is 5.59. The lowest BCUT2D eigenvalue weighted by Gasteiger charge is -2.11. The summed E-state index contributed by atoms with van der Waals surface area (Å²) >= 11 is 0. The Hall–Kier alpha value is -2.12. The second-order valence-electron chi connectivity index (χ2n) is 3.96. The molecule has 0 aliphatic rings. The minimum Gasteiger partial charge on any atom is -0.378 e. The van der Waals surface area contributed by atoms with Gasteiger partial charge in [-0.25, -0.2) is 4.98 Å². The first-order chi connectivity index (χ1) is 9.38. The van der Waals surface area contributed by atoms with Crippen LogP contribution < -0.4 is 5.32 Å². The Morgan fingerprint density at radius 1 is 1.25 bits per heavy atom. The third-order valence-corrected chi connectivity index (χ3v) is 2.60. The highest BCUT2D eigenvalue weighted by Crippen LogP contribution is 2.30. The molecule has 1 heterocycles. The molecule has 8 heteroatoms. The number of rotatable bonds is 4. The van der Waals surface area contributed by atoms with Crippen LogP contribution in [0.4, 0.5) is 27.6 Å². The number of hydrogen-bond donors (Lipinski definition) is 1. The average molecular weight is 291 g/mol. The number of nitrogens with one attached hydrogen (secondary N) is 1. The zero-order valence-corrected chi connectivity index (χ0v) is 10.0. The Bertz CT molecular complexity index is 576. The summed E-state index contributed by atoms with van der Waals surface area (Å²) in [5, 5.41) is 2.64. The van der Waals surface area contributed by atoms with E-state index in [4.69, 9.17) is 0 Å². The molecular formula is C12H10F5N3. The van der Waals surface area contributed by atoms with Crippen molar-refractivity contribution in [2.24, 2.45) is 0 Å². The van der Waals surface area contributed by atoms with E-state index in [1.165, 1.54) is 18.3 Å². The van der Waals surface area contributed by atoms with Crippen molar-refractivity contribution in [3.63, 3.8) is 0 Å². The number of aromatic nitrogens is 2. The van der Waals surface area contributed by atoms with Crippen molar-refractivity contribution < 1.29 is 22.0 Å².